The van der Waals surface area contributed by atoms with Crippen LogP contribution < -0.4 is 4.90 Å². The van der Waals surface area contributed by atoms with Crippen LogP contribution in [0.4, 0.5) is 14.9 Å². The molecule has 2 aromatic rings. The first kappa shape index (κ1) is 23.5. The van der Waals surface area contributed by atoms with E-state index < -0.39 is 26.5 Å². The number of hydrogen-bond acceptors (Lipinski definition) is 5. The number of nitrogens with zero attached hydrogens (tertiary/aromatic N) is 1. The van der Waals surface area contributed by atoms with Crippen molar-refractivity contribution in [3.8, 4) is 0 Å². The van der Waals surface area contributed by atoms with Gasteiger partial charge in [0.25, 0.3) is 0 Å². The largest absolute Gasteiger partial charge is 0.452 e. The van der Waals surface area contributed by atoms with E-state index >= 15 is 4.39 Å². The van der Waals surface area contributed by atoms with E-state index in [4.69, 9.17) is 21.1 Å². The molecule has 1 amide bonds. The number of ether oxygens (including phenoxy) is 2. The maximum atomic E-state index is 15.2. The van der Waals surface area contributed by atoms with Crippen LogP contribution >= 0.6 is 11.6 Å². The Hall–Kier alpha value is -2.16. The van der Waals surface area contributed by atoms with E-state index in [0.29, 0.717) is 10.6 Å². The second-order valence-corrected chi connectivity index (χ2v) is 10.4. The predicted octanol–water partition coefficient (Wildman–Crippen LogP) is 4.94. The molecule has 1 heterocycles. The fourth-order valence-corrected chi connectivity index (χ4v) is 6.14. The Morgan fingerprint density at radius 2 is 1.77 bits per heavy atom. The van der Waals surface area contributed by atoms with Crippen molar-refractivity contribution < 1.29 is 27.1 Å². The van der Waals surface area contributed by atoms with Crippen LogP contribution in [-0.2, 0) is 24.1 Å². The monoisotopic (exact) mass is 469 g/mol. The third-order valence-electron chi connectivity index (χ3n) is 5.56. The van der Waals surface area contributed by atoms with Crippen LogP contribution in [0.1, 0.15) is 32.3 Å². The van der Waals surface area contributed by atoms with Crippen molar-refractivity contribution in [1.29, 1.82) is 0 Å². The van der Waals surface area contributed by atoms with Gasteiger partial charge in [0.05, 0.1) is 17.7 Å². The molecule has 0 unspecified atom stereocenters. The SMILES string of the molecule is COC(=O)N(c1ccc(C2(S(=O)(=O)c3ccc(Cl)cc3)CCOCC2)cc1F)C(C)C. The Morgan fingerprint density at radius 1 is 1.16 bits per heavy atom. The molecule has 3 rings (SSSR count). The molecule has 0 spiro atoms. The van der Waals surface area contributed by atoms with E-state index in [2.05, 4.69) is 0 Å². The zero-order valence-electron chi connectivity index (χ0n) is 17.6. The van der Waals surface area contributed by atoms with E-state index in [1.54, 1.807) is 19.9 Å². The molecule has 1 fully saturated rings. The minimum absolute atomic E-state index is 0.0247. The first-order valence-corrected chi connectivity index (χ1v) is 11.8. The van der Waals surface area contributed by atoms with Gasteiger partial charge in [-0.15, -0.1) is 0 Å². The van der Waals surface area contributed by atoms with Gasteiger partial charge in [-0.1, -0.05) is 17.7 Å². The molecule has 0 aliphatic carbocycles. The van der Waals surface area contributed by atoms with Crippen molar-refractivity contribution in [2.24, 2.45) is 0 Å². The maximum Gasteiger partial charge on any atom is 0.414 e. The number of carbonyl (C=O) groups is 1. The molecule has 0 radical (unpaired) electrons. The van der Waals surface area contributed by atoms with Crippen LogP contribution in [0.3, 0.4) is 0 Å². The van der Waals surface area contributed by atoms with Gasteiger partial charge in [0.2, 0.25) is 0 Å². The summed E-state index contributed by atoms with van der Waals surface area (Å²) in [6.45, 7) is 3.93. The zero-order chi connectivity index (χ0) is 22.8. The summed E-state index contributed by atoms with van der Waals surface area (Å²) in [5.41, 5.74) is 0.345. The lowest BCUT2D eigenvalue weighted by Crippen LogP contribution is -2.42. The van der Waals surface area contributed by atoms with Gasteiger partial charge in [-0.25, -0.2) is 17.6 Å². The lowest BCUT2D eigenvalue weighted by atomic mass is 9.90. The molecule has 1 aliphatic rings. The number of halogens is 2. The second-order valence-electron chi connectivity index (χ2n) is 7.66. The predicted molar refractivity (Wildman–Crippen MR) is 117 cm³/mol. The minimum atomic E-state index is -3.89. The number of benzene rings is 2. The van der Waals surface area contributed by atoms with E-state index in [1.165, 1.54) is 48.4 Å². The molecular formula is C22H25ClFNO5S. The summed E-state index contributed by atoms with van der Waals surface area (Å²) in [5.74, 6) is -0.700. The summed E-state index contributed by atoms with van der Waals surface area (Å²) < 4.78 is 51.5. The summed E-state index contributed by atoms with van der Waals surface area (Å²) in [7, 11) is -2.67. The molecule has 0 aromatic heterocycles. The van der Waals surface area contributed by atoms with Gasteiger partial charge in [-0.05, 0) is 68.7 Å². The Bertz CT molecular complexity index is 1050. The van der Waals surface area contributed by atoms with Crippen molar-refractivity contribution in [3.05, 3.63) is 58.9 Å². The highest BCUT2D eigenvalue weighted by Gasteiger charge is 2.47. The highest BCUT2D eigenvalue weighted by atomic mass is 35.5. The molecule has 1 aliphatic heterocycles. The molecule has 1 saturated heterocycles. The molecule has 0 bridgehead atoms. The van der Waals surface area contributed by atoms with Crippen molar-refractivity contribution >= 4 is 33.2 Å². The van der Waals surface area contributed by atoms with Crippen LogP contribution in [0.5, 0.6) is 0 Å². The first-order chi connectivity index (χ1) is 14.6. The van der Waals surface area contributed by atoms with E-state index in [1.807, 2.05) is 0 Å². The average Bonchev–Trinajstić information content (AvgIpc) is 2.75. The number of hydrogen-bond donors (Lipinski definition) is 0. The van der Waals surface area contributed by atoms with Gasteiger partial charge in [0.1, 0.15) is 10.6 Å². The maximum absolute atomic E-state index is 15.2. The smallest absolute Gasteiger partial charge is 0.414 e. The molecule has 9 heteroatoms. The fourth-order valence-electron chi connectivity index (χ4n) is 3.92. The van der Waals surface area contributed by atoms with Gasteiger partial charge < -0.3 is 9.47 Å². The van der Waals surface area contributed by atoms with Crippen molar-refractivity contribution in [2.45, 2.75) is 42.4 Å². The fraction of sp³-hybridized carbons (Fsp3) is 0.409. The summed E-state index contributed by atoms with van der Waals surface area (Å²) in [6, 6.07) is 9.78. The minimum Gasteiger partial charge on any atom is -0.452 e. The van der Waals surface area contributed by atoms with Crippen LogP contribution in [-0.4, -0.2) is 40.9 Å². The Labute approximate surface area is 186 Å². The topological polar surface area (TPSA) is 72.9 Å². The number of carbonyl (C=O) groups excluding carboxylic acids is 1. The summed E-state index contributed by atoms with van der Waals surface area (Å²) >= 11 is 5.92. The number of methoxy groups -OCH3 is 1. The molecule has 0 N–H and O–H groups in total. The van der Waals surface area contributed by atoms with Gasteiger partial charge in [0, 0.05) is 24.3 Å². The lowest BCUT2D eigenvalue weighted by molar-refractivity contribution is 0.0739. The normalized spacial score (nSPS) is 16.2. The van der Waals surface area contributed by atoms with Gasteiger partial charge >= 0.3 is 6.09 Å². The molecule has 6 nitrogen and oxygen atoms in total. The summed E-state index contributed by atoms with van der Waals surface area (Å²) in [6.07, 6.45) is -0.334. The first-order valence-electron chi connectivity index (χ1n) is 9.89. The highest BCUT2D eigenvalue weighted by Crippen LogP contribution is 2.44. The van der Waals surface area contributed by atoms with Gasteiger partial charge in [0.15, 0.2) is 9.84 Å². The standard InChI is InChI=1S/C22H25ClFNO5S/c1-15(2)25(21(26)29-3)20-9-4-16(14-19(20)24)22(10-12-30-13-11-22)31(27,28)18-7-5-17(23)6-8-18/h4-9,14-15H,10-13H2,1-3H3. The number of rotatable bonds is 5. The van der Waals surface area contributed by atoms with Crippen LogP contribution in [0.2, 0.25) is 5.02 Å². The van der Waals surface area contributed by atoms with Crippen LogP contribution in [0, 0.1) is 5.82 Å². The average molecular weight is 470 g/mol. The van der Waals surface area contributed by atoms with E-state index in [0.717, 1.165) is 0 Å². The molecule has 0 atom stereocenters. The third-order valence-corrected chi connectivity index (χ3v) is 8.38. The van der Waals surface area contributed by atoms with Crippen molar-refractivity contribution in [1.82, 2.24) is 0 Å². The molecule has 0 saturated carbocycles. The summed E-state index contributed by atoms with van der Waals surface area (Å²) in [5, 5.41) is 0.423. The molecule has 168 valence electrons. The molecular weight excluding hydrogens is 445 g/mol. The molecule has 31 heavy (non-hydrogen) atoms. The van der Waals surface area contributed by atoms with Crippen LogP contribution in [0.15, 0.2) is 47.4 Å². The highest BCUT2D eigenvalue weighted by molar-refractivity contribution is 7.92. The Balaban J connectivity index is 2.13. The van der Waals surface area contributed by atoms with Crippen molar-refractivity contribution in [2.75, 3.05) is 25.2 Å². The number of amides is 1. The Morgan fingerprint density at radius 3 is 2.29 bits per heavy atom. The molecule has 2 aromatic carbocycles. The third kappa shape index (κ3) is 4.29. The van der Waals surface area contributed by atoms with Gasteiger partial charge in [-0.3, -0.25) is 4.90 Å². The van der Waals surface area contributed by atoms with Gasteiger partial charge in [-0.2, -0.15) is 0 Å². The summed E-state index contributed by atoms with van der Waals surface area (Å²) in [4.78, 5) is 13.4. The quantitative estimate of drug-likeness (QED) is 0.620. The zero-order valence-corrected chi connectivity index (χ0v) is 19.2. The second kappa shape index (κ2) is 9.14. The van der Waals surface area contributed by atoms with E-state index in [9.17, 15) is 13.2 Å². The number of anilines is 1. The van der Waals surface area contributed by atoms with E-state index in [-0.39, 0.29) is 42.7 Å². The number of sulfone groups is 1. The van der Waals surface area contributed by atoms with Crippen molar-refractivity contribution in [3.63, 3.8) is 0 Å². The van der Waals surface area contributed by atoms with Crippen LogP contribution in [0.25, 0.3) is 0 Å². The lowest BCUT2D eigenvalue weighted by Gasteiger charge is -2.37. The Kier molecular flexibility index (Phi) is 6.93.